The Labute approximate surface area is 143 Å². The van der Waals surface area contributed by atoms with Crippen LogP contribution in [0.3, 0.4) is 0 Å². The molecule has 1 aromatic heterocycles. The van der Waals surface area contributed by atoms with Crippen molar-refractivity contribution in [2.45, 2.75) is 24.9 Å². The maximum atomic E-state index is 13.4. The van der Waals surface area contributed by atoms with Crippen LogP contribution in [0.4, 0.5) is 4.39 Å². The van der Waals surface area contributed by atoms with Crippen molar-refractivity contribution in [1.82, 2.24) is 25.5 Å². The highest BCUT2D eigenvalue weighted by Gasteiger charge is 2.31. The van der Waals surface area contributed by atoms with Gasteiger partial charge in [0.1, 0.15) is 5.82 Å². The van der Waals surface area contributed by atoms with Crippen LogP contribution >= 0.6 is 0 Å². The highest BCUT2D eigenvalue weighted by atomic mass is 19.1. The van der Waals surface area contributed by atoms with Crippen LogP contribution in [0.1, 0.15) is 24.4 Å². The van der Waals surface area contributed by atoms with Crippen molar-refractivity contribution in [2.75, 3.05) is 0 Å². The summed E-state index contributed by atoms with van der Waals surface area (Å²) in [5, 5.41) is 15.3. The number of halogens is 1. The van der Waals surface area contributed by atoms with Crippen LogP contribution in [0.2, 0.25) is 0 Å². The summed E-state index contributed by atoms with van der Waals surface area (Å²) in [6.45, 7) is 0. The molecule has 7 heteroatoms. The van der Waals surface area contributed by atoms with E-state index in [1.54, 1.807) is 12.1 Å². The normalized spacial score (nSPS) is 14.9. The highest BCUT2D eigenvalue weighted by Crippen LogP contribution is 2.23. The zero-order chi connectivity index (χ0) is 17.2. The summed E-state index contributed by atoms with van der Waals surface area (Å²) < 4.78 is 13.4. The van der Waals surface area contributed by atoms with Crippen molar-refractivity contribution in [3.05, 3.63) is 66.0 Å². The van der Waals surface area contributed by atoms with Crippen molar-refractivity contribution in [2.24, 2.45) is 0 Å². The predicted molar refractivity (Wildman–Crippen MR) is 89.0 cm³/mol. The number of tetrazole rings is 1. The van der Waals surface area contributed by atoms with Crippen molar-refractivity contribution in [1.29, 1.82) is 0 Å². The van der Waals surface area contributed by atoms with Gasteiger partial charge in [-0.2, -0.15) is 0 Å². The van der Waals surface area contributed by atoms with Gasteiger partial charge in [-0.25, -0.2) is 4.39 Å². The molecule has 0 radical (unpaired) electrons. The fourth-order valence-electron chi connectivity index (χ4n) is 2.61. The van der Waals surface area contributed by atoms with Crippen molar-refractivity contribution < 1.29 is 9.18 Å². The Bertz CT molecular complexity index is 891. The molecule has 1 saturated carbocycles. The summed E-state index contributed by atoms with van der Waals surface area (Å²) in [6, 6.07) is 14.8. The SMILES string of the molecule is O=C(NC1CC1)C(c1ccccc1)n1nnc(-c2cccc(F)c2)n1. The molecule has 1 aliphatic rings. The molecule has 126 valence electrons. The van der Waals surface area contributed by atoms with Gasteiger partial charge in [0, 0.05) is 11.6 Å². The quantitative estimate of drug-likeness (QED) is 0.776. The van der Waals surface area contributed by atoms with Crippen LogP contribution in [0.5, 0.6) is 0 Å². The summed E-state index contributed by atoms with van der Waals surface area (Å²) in [4.78, 5) is 14.0. The first-order valence-electron chi connectivity index (χ1n) is 8.11. The van der Waals surface area contributed by atoms with E-state index in [9.17, 15) is 9.18 Å². The Morgan fingerprint density at radius 2 is 1.96 bits per heavy atom. The first-order valence-corrected chi connectivity index (χ1v) is 8.11. The van der Waals surface area contributed by atoms with Gasteiger partial charge in [0.2, 0.25) is 5.82 Å². The van der Waals surface area contributed by atoms with Crippen LogP contribution < -0.4 is 5.32 Å². The molecule has 1 heterocycles. The zero-order valence-electron chi connectivity index (χ0n) is 13.3. The minimum atomic E-state index is -0.711. The second kappa shape index (κ2) is 6.43. The average Bonchev–Trinajstić information content (AvgIpc) is 3.30. The molecule has 1 fully saturated rings. The lowest BCUT2D eigenvalue weighted by Gasteiger charge is -2.15. The van der Waals surface area contributed by atoms with E-state index in [1.165, 1.54) is 16.9 Å². The zero-order valence-corrected chi connectivity index (χ0v) is 13.3. The van der Waals surface area contributed by atoms with Crippen molar-refractivity contribution in [3.63, 3.8) is 0 Å². The van der Waals surface area contributed by atoms with E-state index in [1.807, 2.05) is 30.3 Å². The molecule has 1 aliphatic carbocycles. The summed E-state index contributed by atoms with van der Waals surface area (Å²) in [5.41, 5.74) is 1.28. The third-order valence-electron chi connectivity index (χ3n) is 4.03. The van der Waals surface area contributed by atoms with E-state index in [2.05, 4.69) is 20.7 Å². The molecule has 6 nitrogen and oxygen atoms in total. The summed E-state index contributed by atoms with van der Waals surface area (Å²) >= 11 is 0. The van der Waals surface area contributed by atoms with Gasteiger partial charge in [0.05, 0.1) is 0 Å². The summed E-state index contributed by atoms with van der Waals surface area (Å²) in [6.07, 6.45) is 1.99. The first-order chi connectivity index (χ1) is 12.2. The van der Waals surface area contributed by atoms with Crippen LogP contribution in [0.15, 0.2) is 54.6 Å². The topological polar surface area (TPSA) is 72.7 Å². The fraction of sp³-hybridized carbons (Fsp3) is 0.222. The van der Waals surface area contributed by atoms with Crippen LogP contribution in [0.25, 0.3) is 11.4 Å². The van der Waals surface area contributed by atoms with Gasteiger partial charge in [0.15, 0.2) is 6.04 Å². The van der Waals surface area contributed by atoms with Gasteiger partial charge >= 0.3 is 0 Å². The van der Waals surface area contributed by atoms with E-state index < -0.39 is 6.04 Å². The minimum Gasteiger partial charge on any atom is -0.351 e. The van der Waals surface area contributed by atoms with Crippen LogP contribution in [-0.4, -0.2) is 32.2 Å². The fourth-order valence-corrected chi connectivity index (χ4v) is 2.61. The van der Waals surface area contributed by atoms with Crippen molar-refractivity contribution in [3.8, 4) is 11.4 Å². The maximum Gasteiger partial charge on any atom is 0.251 e. The first kappa shape index (κ1) is 15.4. The molecule has 0 bridgehead atoms. The Kier molecular flexibility index (Phi) is 3.97. The number of carbonyl (C=O) groups is 1. The van der Waals surface area contributed by atoms with E-state index >= 15 is 0 Å². The van der Waals surface area contributed by atoms with Crippen molar-refractivity contribution >= 4 is 5.91 Å². The molecule has 3 aromatic rings. The number of hydrogen-bond donors (Lipinski definition) is 1. The molecule has 0 aliphatic heterocycles. The van der Waals surface area contributed by atoms with Gasteiger partial charge < -0.3 is 5.32 Å². The maximum absolute atomic E-state index is 13.4. The van der Waals surface area contributed by atoms with E-state index in [4.69, 9.17) is 0 Å². The number of hydrogen-bond acceptors (Lipinski definition) is 4. The van der Waals surface area contributed by atoms with Gasteiger partial charge in [-0.1, -0.05) is 42.5 Å². The molecule has 25 heavy (non-hydrogen) atoms. The number of nitrogens with one attached hydrogen (secondary N) is 1. The molecular weight excluding hydrogens is 321 g/mol. The van der Waals surface area contributed by atoms with E-state index in [-0.39, 0.29) is 23.6 Å². The Morgan fingerprint density at radius 3 is 2.68 bits per heavy atom. The molecule has 0 spiro atoms. The molecular formula is C18H16FN5O. The third-order valence-corrected chi connectivity index (χ3v) is 4.03. The average molecular weight is 337 g/mol. The number of aromatic nitrogens is 4. The number of benzene rings is 2. The van der Waals surface area contributed by atoms with Gasteiger partial charge in [0.25, 0.3) is 5.91 Å². The second-order valence-corrected chi connectivity index (χ2v) is 6.04. The van der Waals surface area contributed by atoms with Gasteiger partial charge in [-0.05, 0) is 35.8 Å². The lowest BCUT2D eigenvalue weighted by Crippen LogP contribution is -2.35. The monoisotopic (exact) mass is 337 g/mol. The summed E-state index contributed by atoms with van der Waals surface area (Å²) in [7, 11) is 0. The minimum absolute atomic E-state index is 0.170. The number of rotatable bonds is 5. The van der Waals surface area contributed by atoms with Gasteiger partial charge in [-0.3, -0.25) is 4.79 Å². The second-order valence-electron chi connectivity index (χ2n) is 6.04. The van der Waals surface area contributed by atoms with Crippen LogP contribution in [0, 0.1) is 5.82 Å². The molecule has 1 N–H and O–H groups in total. The Hall–Kier alpha value is -3.09. The number of carbonyl (C=O) groups excluding carboxylic acids is 1. The molecule has 2 aromatic carbocycles. The largest absolute Gasteiger partial charge is 0.351 e. The summed E-state index contributed by atoms with van der Waals surface area (Å²) in [5.74, 6) is -0.267. The third kappa shape index (κ3) is 3.40. The number of nitrogens with zero attached hydrogens (tertiary/aromatic N) is 4. The Balaban J connectivity index is 1.68. The predicted octanol–water partition coefficient (Wildman–Crippen LogP) is 2.35. The lowest BCUT2D eigenvalue weighted by atomic mass is 10.1. The molecule has 1 unspecified atom stereocenters. The molecule has 4 rings (SSSR count). The van der Waals surface area contributed by atoms with E-state index in [0.717, 1.165) is 18.4 Å². The lowest BCUT2D eigenvalue weighted by molar-refractivity contribution is -0.123. The van der Waals surface area contributed by atoms with E-state index in [0.29, 0.717) is 5.56 Å². The van der Waals surface area contributed by atoms with Gasteiger partial charge in [-0.15, -0.1) is 15.0 Å². The standard InChI is InChI=1S/C18H16FN5O/c19-14-8-4-7-13(11-14)17-21-23-24(22-17)16(12-5-2-1-3-6-12)18(25)20-15-9-10-15/h1-8,11,15-16H,9-10H2,(H,20,25). The molecule has 1 atom stereocenters. The Morgan fingerprint density at radius 1 is 1.16 bits per heavy atom. The van der Waals surface area contributed by atoms with Crippen LogP contribution in [-0.2, 0) is 4.79 Å². The highest BCUT2D eigenvalue weighted by molar-refractivity contribution is 5.83. The number of amides is 1. The molecule has 0 saturated heterocycles. The smallest absolute Gasteiger partial charge is 0.251 e. The molecule has 1 amide bonds.